The van der Waals surface area contributed by atoms with Crippen LogP contribution in [0, 0.1) is 17.8 Å². The highest BCUT2D eigenvalue weighted by atomic mass is 16.2. The van der Waals surface area contributed by atoms with Crippen LogP contribution in [0.3, 0.4) is 0 Å². The molecule has 1 heterocycles. The summed E-state index contributed by atoms with van der Waals surface area (Å²) in [5, 5.41) is 5.94. The summed E-state index contributed by atoms with van der Waals surface area (Å²) in [5.41, 5.74) is 3.83. The van der Waals surface area contributed by atoms with Gasteiger partial charge in [-0.2, -0.15) is 0 Å². The number of fused-ring (bicyclic) bond motifs is 1. The lowest BCUT2D eigenvalue weighted by Crippen LogP contribution is -2.45. The van der Waals surface area contributed by atoms with Gasteiger partial charge in [-0.3, -0.25) is 14.4 Å². The van der Waals surface area contributed by atoms with Crippen LogP contribution in [0.5, 0.6) is 0 Å². The molecule has 0 aromatic heterocycles. The van der Waals surface area contributed by atoms with Crippen molar-refractivity contribution in [1.29, 1.82) is 0 Å². The molecule has 2 aromatic rings. The van der Waals surface area contributed by atoms with Gasteiger partial charge in [0.1, 0.15) is 0 Å². The van der Waals surface area contributed by atoms with Crippen LogP contribution in [0.4, 0.5) is 11.4 Å². The Hall–Kier alpha value is -3.15. The van der Waals surface area contributed by atoms with Crippen LogP contribution in [-0.4, -0.2) is 24.3 Å². The zero-order chi connectivity index (χ0) is 23.4. The van der Waals surface area contributed by atoms with Crippen molar-refractivity contribution in [2.75, 3.05) is 16.8 Å². The maximum atomic E-state index is 13.5. The van der Waals surface area contributed by atoms with Gasteiger partial charge in [-0.1, -0.05) is 57.0 Å². The van der Waals surface area contributed by atoms with Gasteiger partial charge in [-0.05, 0) is 48.6 Å². The second-order valence-corrected chi connectivity index (χ2v) is 9.43. The highest BCUT2D eigenvalue weighted by Crippen LogP contribution is 2.36. The topological polar surface area (TPSA) is 78.5 Å². The predicted octanol–water partition coefficient (Wildman–Crippen LogP) is 4.29. The van der Waals surface area contributed by atoms with Crippen molar-refractivity contribution in [2.24, 2.45) is 17.8 Å². The summed E-state index contributed by atoms with van der Waals surface area (Å²) in [5.74, 6) is -0.695. The minimum Gasteiger partial charge on any atom is -0.352 e. The summed E-state index contributed by atoms with van der Waals surface area (Å²) >= 11 is 0. The number of hydrogen-bond acceptors (Lipinski definition) is 3. The normalized spacial score (nSPS) is 19.8. The largest absolute Gasteiger partial charge is 0.352 e. The van der Waals surface area contributed by atoms with Crippen molar-refractivity contribution in [2.45, 2.75) is 52.5 Å². The Bertz CT molecular complexity index is 1030. The molecule has 2 aliphatic rings. The Kier molecular flexibility index (Phi) is 7.11. The third kappa shape index (κ3) is 5.27. The Balaban J connectivity index is 1.40. The van der Waals surface area contributed by atoms with Crippen molar-refractivity contribution in [1.82, 2.24) is 5.32 Å². The third-order valence-electron chi connectivity index (χ3n) is 6.76. The summed E-state index contributed by atoms with van der Waals surface area (Å²) in [7, 11) is 0. The monoisotopic (exact) mass is 447 g/mol. The fraction of sp³-hybridized carbons (Fsp3) is 0.444. The molecule has 6 nitrogen and oxygen atoms in total. The van der Waals surface area contributed by atoms with Crippen LogP contribution in [0.25, 0.3) is 0 Å². The lowest BCUT2D eigenvalue weighted by atomic mass is 9.77. The summed E-state index contributed by atoms with van der Waals surface area (Å²) in [6.07, 6.45) is 4.31. The Morgan fingerprint density at radius 3 is 2.55 bits per heavy atom. The van der Waals surface area contributed by atoms with Crippen molar-refractivity contribution in [3.63, 3.8) is 0 Å². The highest BCUT2D eigenvalue weighted by Gasteiger charge is 2.39. The minimum absolute atomic E-state index is 0.0387. The molecule has 1 fully saturated rings. The molecule has 0 spiro atoms. The van der Waals surface area contributed by atoms with Crippen LogP contribution in [-0.2, 0) is 27.3 Å². The molecule has 2 atom stereocenters. The lowest BCUT2D eigenvalue weighted by Gasteiger charge is -2.32. The van der Waals surface area contributed by atoms with Gasteiger partial charge in [0.2, 0.25) is 17.7 Å². The molecule has 2 aromatic carbocycles. The Morgan fingerprint density at radius 2 is 1.76 bits per heavy atom. The van der Waals surface area contributed by atoms with E-state index in [1.807, 2.05) is 61.2 Å². The van der Waals surface area contributed by atoms with E-state index in [9.17, 15) is 14.4 Å². The van der Waals surface area contributed by atoms with Gasteiger partial charge in [0.15, 0.2) is 0 Å². The number of anilines is 2. The number of carbonyl (C=O) groups is 3. The quantitative estimate of drug-likeness (QED) is 0.693. The van der Waals surface area contributed by atoms with Crippen LogP contribution < -0.4 is 15.5 Å². The standard InChI is InChI=1S/C27H33N3O3/c1-18(2)25(31)29-21-10-7-8-19(16-21)17-28-26(32)22-11-4-5-12-23(22)27(33)30-15-14-20-9-3-6-13-24(20)30/h3,6-10,13,16,18,22-23H,4-5,11-12,14-15,17H2,1-2H3,(H,28,32)(H,29,31). The maximum Gasteiger partial charge on any atom is 0.230 e. The number of carbonyl (C=O) groups excluding carboxylic acids is 3. The Labute approximate surface area is 195 Å². The predicted molar refractivity (Wildman–Crippen MR) is 130 cm³/mol. The zero-order valence-corrected chi connectivity index (χ0v) is 19.5. The van der Waals surface area contributed by atoms with Crippen molar-refractivity contribution >= 4 is 29.1 Å². The first-order valence-corrected chi connectivity index (χ1v) is 12.0. The van der Waals surface area contributed by atoms with E-state index < -0.39 is 0 Å². The number of para-hydroxylation sites is 1. The molecule has 4 rings (SSSR count). The second-order valence-electron chi connectivity index (χ2n) is 9.43. The van der Waals surface area contributed by atoms with Crippen molar-refractivity contribution < 1.29 is 14.4 Å². The molecule has 33 heavy (non-hydrogen) atoms. The molecule has 174 valence electrons. The first-order chi connectivity index (χ1) is 15.9. The van der Waals surface area contributed by atoms with E-state index in [0.717, 1.165) is 49.0 Å². The highest BCUT2D eigenvalue weighted by molar-refractivity contribution is 5.99. The van der Waals surface area contributed by atoms with Crippen LogP contribution in [0.15, 0.2) is 48.5 Å². The average Bonchev–Trinajstić information content (AvgIpc) is 3.26. The molecule has 2 unspecified atom stereocenters. The van der Waals surface area contributed by atoms with Gasteiger partial charge in [0.25, 0.3) is 0 Å². The first kappa shape index (κ1) is 23.0. The number of hydrogen-bond donors (Lipinski definition) is 2. The molecule has 0 saturated heterocycles. The van der Waals surface area contributed by atoms with E-state index in [4.69, 9.17) is 0 Å². The summed E-state index contributed by atoms with van der Waals surface area (Å²) in [6.45, 7) is 4.76. The number of amides is 3. The van der Waals surface area contributed by atoms with Gasteiger partial charge >= 0.3 is 0 Å². The Morgan fingerprint density at radius 1 is 1.00 bits per heavy atom. The van der Waals surface area contributed by atoms with E-state index in [-0.39, 0.29) is 35.5 Å². The number of nitrogens with zero attached hydrogens (tertiary/aromatic N) is 1. The van der Waals surface area contributed by atoms with Gasteiger partial charge in [0.05, 0.1) is 5.92 Å². The summed E-state index contributed by atoms with van der Waals surface area (Å²) in [4.78, 5) is 40.5. The summed E-state index contributed by atoms with van der Waals surface area (Å²) < 4.78 is 0. The maximum absolute atomic E-state index is 13.5. The van der Waals surface area contributed by atoms with Gasteiger partial charge < -0.3 is 15.5 Å². The minimum atomic E-state index is -0.303. The van der Waals surface area contributed by atoms with Crippen LogP contribution in [0.1, 0.15) is 50.7 Å². The van der Waals surface area contributed by atoms with E-state index in [0.29, 0.717) is 13.1 Å². The van der Waals surface area contributed by atoms with Crippen LogP contribution >= 0.6 is 0 Å². The molecule has 1 saturated carbocycles. The number of benzene rings is 2. The molecular formula is C27H33N3O3. The fourth-order valence-electron chi connectivity index (χ4n) is 4.87. The molecule has 6 heteroatoms. The molecule has 2 N–H and O–H groups in total. The SMILES string of the molecule is CC(C)C(=O)Nc1cccc(CNC(=O)C2CCCCC2C(=O)N2CCc3ccccc32)c1. The van der Waals surface area contributed by atoms with E-state index in [1.165, 1.54) is 5.56 Å². The average molecular weight is 448 g/mol. The second kappa shape index (κ2) is 10.2. The number of rotatable bonds is 6. The fourth-order valence-corrected chi connectivity index (χ4v) is 4.87. The van der Waals surface area contributed by atoms with Gasteiger partial charge in [-0.15, -0.1) is 0 Å². The molecule has 1 aliphatic carbocycles. The molecule has 0 radical (unpaired) electrons. The van der Waals surface area contributed by atoms with E-state index in [2.05, 4.69) is 16.7 Å². The molecule has 0 bridgehead atoms. The van der Waals surface area contributed by atoms with Crippen LogP contribution in [0.2, 0.25) is 0 Å². The molecule has 3 amide bonds. The molecular weight excluding hydrogens is 414 g/mol. The number of nitrogens with one attached hydrogen (secondary N) is 2. The van der Waals surface area contributed by atoms with Gasteiger partial charge in [-0.25, -0.2) is 0 Å². The van der Waals surface area contributed by atoms with Crippen molar-refractivity contribution in [3.8, 4) is 0 Å². The lowest BCUT2D eigenvalue weighted by molar-refractivity contribution is -0.135. The third-order valence-corrected chi connectivity index (χ3v) is 6.76. The smallest absolute Gasteiger partial charge is 0.230 e. The van der Waals surface area contributed by atoms with E-state index >= 15 is 0 Å². The molecule has 1 aliphatic heterocycles. The first-order valence-electron chi connectivity index (χ1n) is 12.0. The zero-order valence-electron chi connectivity index (χ0n) is 19.5. The summed E-state index contributed by atoms with van der Waals surface area (Å²) in [6, 6.07) is 15.6. The van der Waals surface area contributed by atoms with Crippen molar-refractivity contribution in [3.05, 3.63) is 59.7 Å². The van der Waals surface area contributed by atoms with Gasteiger partial charge in [0, 0.05) is 36.3 Å². The van der Waals surface area contributed by atoms with E-state index in [1.54, 1.807) is 0 Å².